The van der Waals surface area contributed by atoms with Crippen molar-refractivity contribution in [2.75, 3.05) is 33.4 Å². The zero-order valence-corrected chi connectivity index (χ0v) is 29.2. The molecule has 9 nitrogen and oxygen atoms in total. The molecule has 0 saturated heterocycles. The van der Waals surface area contributed by atoms with Crippen LogP contribution in [0.1, 0.15) is 49.7 Å². The molecule has 0 N–H and O–H groups in total. The first-order chi connectivity index (χ1) is 24.1. The van der Waals surface area contributed by atoms with E-state index >= 15 is 4.39 Å². The minimum absolute atomic E-state index is 0.0299. The van der Waals surface area contributed by atoms with E-state index in [4.69, 9.17) is 19.6 Å². The second kappa shape index (κ2) is 13.4. The molecule has 2 atom stereocenters. The van der Waals surface area contributed by atoms with Gasteiger partial charge in [-0.1, -0.05) is 18.7 Å². The Morgan fingerprint density at radius 2 is 1.88 bits per heavy atom. The SMILES string of the molecule is C=CC(=O)N1C[C@H](C)n2nc(-c3nc(-c4ccc5c(c4)CCN(C(C)=O)C5)c4ccsc4c3-c3c(F)cc(F)cc3OCCOC)cc2[C@H]1C. The largest absolute Gasteiger partial charge is 0.490 e. The maximum absolute atomic E-state index is 16.2. The quantitative estimate of drug-likeness (QED) is 0.125. The maximum atomic E-state index is 16.2. The molecule has 3 aromatic heterocycles. The summed E-state index contributed by atoms with van der Waals surface area (Å²) in [6, 6.07) is 11.6. The molecule has 258 valence electrons. The number of carbonyl (C=O) groups is 2. The molecule has 12 heteroatoms. The van der Waals surface area contributed by atoms with Crippen molar-refractivity contribution in [1.82, 2.24) is 24.6 Å². The van der Waals surface area contributed by atoms with Crippen LogP contribution < -0.4 is 4.74 Å². The summed E-state index contributed by atoms with van der Waals surface area (Å²) in [5.41, 5.74) is 6.00. The van der Waals surface area contributed by atoms with Crippen molar-refractivity contribution in [3.8, 4) is 39.5 Å². The number of thiophene rings is 1. The van der Waals surface area contributed by atoms with Crippen molar-refractivity contribution in [3.63, 3.8) is 0 Å². The van der Waals surface area contributed by atoms with E-state index in [1.165, 1.54) is 30.6 Å². The van der Waals surface area contributed by atoms with Crippen LogP contribution >= 0.6 is 11.3 Å². The van der Waals surface area contributed by atoms with Gasteiger partial charge in [0.05, 0.1) is 35.6 Å². The molecule has 0 spiro atoms. The molecule has 2 aliphatic rings. The van der Waals surface area contributed by atoms with Crippen molar-refractivity contribution in [1.29, 1.82) is 0 Å². The molecule has 0 saturated carbocycles. The first kappa shape index (κ1) is 33.6. The number of pyridine rings is 1. The van der Waals surface area contributed by atoms with Gasteiger partial charge < -0.3 is 19.3 Å². The molecule has 2 amide bonds. The lowest BCUT2D eigenvalue weighted by Gasteiger charge is -2.36. The summed E-state index contributed by atoms with van der Waals surface area (Å²) in [6.45, 7) is 11.1. The maximum Gasteiger partial charge on any atom is 0.246 e. The third-order valence-electron chi connectivity index (χ3n) is 9.60. The highest BCUT2D eigenvalue weighted by Crippen LogP contribution is 2.48. The lowest BCUT2D eigenvalue weighted by atomic mass is 9.93. The zero-order valence-electron chi connectivity index (χ0n) is 28.3. The Kier molecular flexibility index (Phi) is 9.00. The molecule has 0 bridgehead atoms. The lowest BCUT2D eigenvalue weighted by Crippen LogP contribution is -2.42. The first-order valence-electron chi connectivity index (χ1n) is 16.5. The highest BCUT2D eigenvalue weighted by molar-refractivity contribution is 7.18. The number of benzene rings is 2. The summed E-state index contributed by atoms with van der Waals surface area (Å²) in [5.74, 6) is -1.66. The Hall–Kier alpha value is -4.94. The van der Waals surface area contributed by atoms with Crippen molar-refractivity contribution < 1.29 is 27.8 Å². The average Bonchev–Trinajstić information content (AvgIpc) is 3.78. The number of methoxy groups -OCH3 is 1. The second-order valence-electron chi connectivity index (χ2n) is 12.7. The molecule has 5 aromatic rings. The summed E-state index contributed by atoms with van der Waals surface area (Å²) < 4.78 is 44.7. The molecule has 2 aromatic carbocycles. The Morgan fingerprint density at radius 1 is 1.06 bits per heavy atom. The van der Waals surface area contributed by atoms with Crippen molar-refractivity contribution in [3.05, 3.63) is 89.0 Å². The molecule has 0 radical (unpaired) electrons. The van der Waals surface area contributed by atoms with E-state index in [1.807, 2.05) is 53.1 Å². The van der Waals surface area contributed by atoms with Crippen LogP contribution in [0.2, 0.25) is 0 Å². The molecule has 0 fully saturated rings. The number of hydrogen-bond donors (Lipinski definition) is 0. The van der Waals surface area contributed by atoms with Gasteiger partial charge in [-0.3, -0.25) is 14.3 Å². The number of carbonyl (C=O) groups excluding carboxylic acids is 2. The number of ether oxygens (including phenoxy) is 2. The van der Waals surface area contributed by atoms with E-state index in [0.29, 0.717) is 48.7 Å². The molecule has 50 heavy (non-hydrogen) atoms. The molecule has 7 rings (SSSR count). The first-order valence-corrected chi connectivity index (χ1v) is 17.4. The van der Waals surface area contributed by atoms with E-state index in [0.717, 1.165) is 38.5 Å². The van der Waals surface area contributed by atoms with Crippen molar-refractivity contribution in [2.45, 2.75) is 45.8 Å². The van der Waals surface area contributed by atoms with Gasteiger partial charge in [-0.05, 0) is 61.1 Å². The van der Waals surface area contributed by atoms with E-state index in [9.17, 15) is 14.0 Å². The second-order valence-corrected chi connectivity index (χ2v) is 13.7. The Labute approximate surface area is 292 Å². The predicted octanol–water partition coefficient (Wildman–Crippen LogP) is 7.35. The number of hydrogen-bond acceptors (Lipinski definition) is 7. The number of fused-ring (bicyclic) bond motifs is 3. The standard InChI is InChI=1S/C38H37F2N5O4S/c1-6-33(47)44-19-21(2)45-31(22(44)3)18-30(42-45)37-35(34-29(40)16-27(39)17-32(34)49-13-12-48-5)38-28(10-14-50-38)36(41-37)25-7-8-26-20-43(23(4)46)11-9-24(26)15-25/h6-8,10,14-18,21-22H,1,9,11-13,19-20H2,2-5H3/t21-,22+/m0/s1. The van der Waals surface area contributed by atoms with E-state index in [1.54, 1.807) is 11.8 Å². The summed E-state index contributed by atoms with van der Waals surface area (Å²) in [7, 11) is 1.53. The summed E-state index contributed by atoms with van der Waals surface area (Å²) in [5, 5.41) is 7.76. The summed E-state index contributed by atoms with van der Waals surface area (Å²) >= 11 is 1.43. The van der Waals surface area contributed by atoms with Gasteiger partial charge >= 0.3 is 0 Å². The Bertz CT molecular complexity index is 2160. The van der Waals surface area contributed by atoms with Gasteiger partial charge in [0.25, 0.3) is 0 Å². The summed E-state index contributed by atoms with van der Waals surface area (Å²) in [6.07, 6.45) is 2.03. The van der Waals surface area contributed by atoms with Gasteiger partial charge in [0.1, 0.15) is 35.4 Å². The topological polar surface area (TPSA) is 89.8 Å². The fourth-order valence-electron chi connectivity index (χ4n) is 7.04. The number of halogens is 2. The van der Waals surface area contributed by atoms with Crippen molar-refractivity contribution >= 4 is 33.2 Å². The minimum atomic E-state index is -0.791. The van der Waals surface area contributed by atoms with Gasteiger partial charge in [0, 0.05) is 67.0 Å². The van der Waals surface area contributed by atoms with Crippen LogP contribution in [0.4, 0.5) is 8.78 Å². The fourth-order valence-corrected chi connectivity index (χ4v) is 7.99. The lowest BCUT2D eigenvalue weighted by molar-refractivity contribution is -0.130. The predicted molar refractivity (Wildman–Crippen MR) is 189 cm³/mol. The third-order valence-corrected chi connectivity index (χ3v) is 10.5. The van der Waals surface area contributed by atoms with E-state index < -0.39 is 11.6 Å². The van der Waals surface area contributed by atoms with Gasteiger partial charge in [-0.25, -0.2) is 13.8 Å². The number of amides is 2. The highest BCUT2D eigenvalue weighted by Gasteiger charge is 2.34. The molecular formula is C38H37F2N5O4S. The van der Waals surface area contributed by atoms with E-state index in [2.05, 4.69) is 12.6 Å². The van der Waals surface area contributed by atoms with Crippen LogP contribution in [0.25, 0.3) is 43.9 Å². The van der Waals surface area contributed by atoms with Gasteiger partial charge in [-0.2, -0.15) is 5.10 Å². The van der Waals surface area contributed by atoms with Crippen LogP contribution in [0.15, 0.2) is 60.5 Å². The van der Waals surface area contributed by atoms with Crippen molar-refractivity contribution in [2.24, 2.45) is 0 Å². The number of rotatable bonds is 8. The van der Waals surface area contributed by atoms with Crippen LogP contribution in [0, 0.1) is 11.6 Å². The van der Waals surface area contributed by atoms with Gasteiger partial charge in [0.2, 0.25) is 11.8 Å². The van der Waals surface area contributed by atoms with Crippen LogP contribution in [-0.2, 0) is 27.3 Å². The minimum Gasteiger partial charge on any atom is -0.490 e. The molecule has 0 unspecified atom stereocenters. The molecular weight excluding hydrogens is 661 g/mol. The average molecular weight is 698 g/mol. The Balaban J connectivity index is 1.47. The number of nitrogens with zero attached hydrogens (tertiary/aromatic N) is 5. The third kappa shape index (κ3) is 5.86. The van der Waals surface area contributed by atoms with Gasteiger partial charge in [-0.15, -0.1) is 11.3 Å². The van der Waals surface area contributed by atoms with Gasteiger partial charge in [0.15, 0.2) is 0 Å². The van der Waals surface area contributed by atoms with Crippen LogP contribution in [-0.4, -0.2) is 69.8 Å². The van der Waals surface area contributed by atoms with Crippen LogP contribution in [0.3, 0.4) is 0 Å². The molecule has 0 aliphatic carbocycles. The monoisotopic (exact) mass is 697 g/mol. The highest BCUT2D eigenvalue weighted by atomic mass is 32.1. The smallest absolute Gasteiger partial charge is 0.246 e. The summed E-state index contributed by atoms with van der Waals surface area (Å²) in [4.78, 5) is 33.7. The Morgan fingerprint density at radius 3 is 2.64 bits per heavy atom. The number of aromatic nitrogens is 3. The molecule has 2 aliphatic heterocycles. The molecule has 5 heterocycles. The van der Waals surface area contributed by atoms with E-state index in [-0.39, 0.29) is 48.4 Å². The normalized spacial score (nSPS) is 17.1. The zero-order chi connectivity index (χ0) is 35.3. The van der Waals surface area contributed by atoms with Crippen LogP contribution in [0.5, 0.6) is 5.75 Å². The fraction of sp³-hybridized carbons (Fsp3) is 0.316.